The van der Waals surface area contributed by atoms with Crippen LogP contribution >= 0.6 is 24.2 Å². The number of rotatable bonds is 1. The first-order chi connectivity index (χ1) is 10.1. The van der Waals surface area contributed by atoms with E-state index in [0.717, 1.165) is 22.8 Å². The zero-order valence-electron chi connectivity index (χ0n) is 11.6. The van der Waals surface area contributed by atoms with Crippen molar-refractivity contribution >= 4 is 41.5 Å². The second-order valence-electron chi connectivity index (χ2n) is 5.03. The van der Waals surface area contributed by atoms with Gasteiger partial charge < -0.3 is 9.80 Å². The molecule has 2 aromatic rings. The third-order valence-corrected chi connectivity index (χ3v) is 4.28. The van der Waals surface area contributed by atoms with Crippen LogP contribution in [0.1, 0.15) is 10.4 Å². The topological polar surface area (TPSA) is 23.6 Å². The van der Waals surface area contributed by atoms with Gasteiger partial charge in [-0.05, 0) is 30.3 Å². The molecule has 0 saturated heterocycles. The molecule has 0 bridgehead atoms. The van der Waals surface area contributed by atoms with Crippen LogP contribution in [0.4, 0.5) is 11.4 Å². The number of para-hydroxylation sites is 2. The van der Waals surface area contributed by atoms with E-state index in [1.54, 1.807) is 23.1 Å². The van der Waals surface area contributed by atoms with Crippen molar-refractivity contribution in [3.63, 3.8) is 0 Å². The Hall–Kier alpha value is -1.65. The van der Waals surface area contributed by atoms with E-state index in [2.05, 4.69) is 17.5 Å². The standard InChI is InChI=1S/C16H15ClN2OS/c1-18-8-9-19(15-5-3-2-4-14(15)18)16(20)12-10-11(21)6-7-13(12)17/h2-7,10,21H,8-9H2,1H3. The molecule has 0 aliphatic carbocycles. The number of nitrogens with zero attached hydrogens (tertiary/aromatic N) is 2. The molecule has 3 nitrogen and oxygen atoms in total. The van der Waals surface area contributed by atoms with Crippen molar-refractivity contribution in [3.05, 3.63) is 53.1 Å². The fourth-order valence-corrected chi connectivity index (χ4v) is 2.94. The molecule has 1 aliphatic rings. The number of anilines is 2. The molecule has 0 N–H and O–H groups in total. The highest BCUT2D eigenvalue weighted by Gasteiger charge is 2.26. The summed E-state index contributed by atoms with van der Waals surface area (Å²) in [6.45, 7) is 1.43. The number of benzene rings is 2. The van der Waals surface area contributed by atoms with E-state index in [0.29, 0.717) is 17.1 Å². The Kier molecular flexibility index (Phi) is 3.83. The van der Waals surface area contributed by atoms with Gasteiger partial charge in [0.25, 0.3) is 5.91 Å². The van der Waals surface area contributed by atoms with Gasteiger partial charge in [0.15, 0.2) is 0 Å². The summed E-state index contributed by atoms with van der Waals surface area (Å²) >= 11 is 10.5. The minimum Gasteiger partial charge on any atom is -0.371 e. The predicted octanol–water partition coefficient (Wildman–Crippen LogP) is 3.73. The van der Waals surface area contributed by atoms with E-state index in [1.165, 1.54) is 0 Å². The normalized spacial score (nSPS) is 14.0. The zero-order chi connectivity index (χ0) is 15.0. The number of hydrogen-bond acceptors (Lipinski definition) is 3. The summed E-state index contributed by atoms with van der Waals surface area (Å²) < 4.78 is 0. The van der Waals surface area contributed by atoms with Gasteiger partial charge in [0, 0.05) is 25.0 Å². The van der Waals surface area contributed by atoms with E-state index in [-0.39, 0.29) is 5.91 Å². The Labute approximate surface area is 134 Å². The molecule has 1 aliphatic heterocycles. The Morgan fingerprint density at radius 3 is 2.62 bits per heavy atom. The number of amides is 1. The number of fused-ring (bicyclic) bond motifs is 1. The molecule has 2 aromatic carbocycles. The molecule has 5 heteroatoms. The molecule has 0 fully saturated rings. The first-order valence-electron chi connectivity index (χ1n) is 6.68. The quantitative estimate of drug-likeness (QED) is 0.810. The van der Waals surface area contributed by atoms with Crippen LogP contribution in [0, 0.1) is 0 Å². The zero-order valence-corrected chi connectivity index (χ0v) is 13.2. The van der Waals surface area contributed by atoms with Gasteiger partial charge in [-0.2, -0.15) is 0 Å². The van der Waals surface area contributed by atoms with Gasteiger partial charge >= 0.3 is 0 Å². The summed E-state index contributed by atoms with van der Waals surface area (Å²) in [6.07, 6.45) is 0. The second-order valence-corrected chi connectivity index (χ2v) is 5.95. The summed E-state index contributed by atoms with van der Waals surface area (Å²) in [5.41, 5.74) is 2.45. The van der Waals surface area contributed by atoms with E-state index in [9.17, 15) is 4.79 Å². The highest BCUT2D eigenvalue weighted by Crippen LogP contribution is 2.33. The number of carbonyl (C=O) groups excluding carboxylic acids is 1. The lowest BCUT2D eigenvalue weighted by atomic mass is 10.1. The first kappa shape index (κ1) is 14.3. The Bertz CT molecular complexity index is 704. The van der Waals surface area contributed by atoms with Crippen molar-refractivity contribution in [3.8, 4) is 0 Å². The maximum absolute atomic E-state index is 12.8. The summed E-state index contributed by atoms with van der Waals surface area (Å²) in [6, 6.07) is 13.1. The molecule has 0 spiro atoms. The van der Waals surface area contributed by atoms with E-state index in [1.807, 2.05) is 31.3 Å². The fourth-order valence-electron chi connectivity index (χ4n) is 2.54. The summed E-state index contributed by atoms with van der Waals surface area (Å²) in [5, 5.41) is 0.453. The molecule has 0 atom stereocenters. The summed E-state index contributed by atoms with van der Waals surface area (Å²) in [4.78, 5) is 17.5. The highest BCUT2D eigenvalue weighted by atomic mass is 35.5. The predicted molar refractivity (Wildman–Crippen MR) is 90.1 cm³/mol. The van der Waals surface area contributed by atoms with E-state index < -0.39 is 0 Å². The molecular formula is C16H15ClN2OS. The summed E-state index contributed by atoms with van der Waals surface area (Å²) in [7, 11) is 2.03. The first-order valence-corrected chi connectivity index (χ1v) is 7.51. The molecule has 0 unspecified atom stereocenters. The SMILES string of the molecule is CN1CCN(C(=O)c2cc(S)ccc2Cl)c2ccccc21. The van der Waals surface area contributed by atoms with Crippen LogP contribution in [0.3, 0.4) is 0 Å². The Balaban J connectivity index is 2.03. The third-order valence-electron chi connectivity index (χ3n) is 3.67. The third kappa shape index (κ3) is 2.61. The average molecular weight is 319 g/mol. The largest absolute Gasteiger partial charge is 0.371 e. The van der Waals surface area contributed by atoms with Gasteiger partial charge in [0.2, 0.25) is 0 Å². The van der Waals surface area contributed by atoms with Crippen molar-refractivity contribution in [2.75, 3.05) is 29.9 Å². The van der Waals surface area contributed by atoms with Gasteiger partial charge in [-0.15, -0.1) is 12.6 Å². The fraction of sp³-hybridized carbons (Fsp3) is 0.188. The van der Waals surface area contributed by atoms with Crippen molar-refractivity contribution in [1.29, 1.82) is 0 Å². The van der Waals surface area contributed by atoms with Gasteiger partial charge in [-0.25, -0.2) is 0 Å². The van der Waals surface area contributed by atoms with Gasteiger partial charge in [-0.1, -0.05) is 23.7 Å². The van der Waals surface area contributed by atoms with Crippen molar-refractivity contribution in [1.82, 2.24) is 0 Å². The minimum atomic E-state index is -0.0866. The van der Waals surface area contributed by atoms with E-state index >= 15 is 0 Å². The Morgan fingerprint density at radius 2 is 1.86 bits per heavy atom. The lowest BCUT2D eigenvalue weighted by Gasteiger charge is -2.35. The maximum Gasteiger partial charge on any atom is 0.259 e. The van der Waals surface area contributed by atoms with Crippen LogP contribution in [-0.2, 0) is 0 Å². The maximum atomic E-state index is 12.8. The summed E-state index contributed by atoms with van der Waals surface area (Å²) in [5.74, 6) is -0.0866. The number of halogens is 1. The van der Waals surface area contributed by atoms with Crippen LogP contribution in [-0.4, -0.2) is 26.0 Å². The van der Waals surface area contributed by atoms with E-state index in [4.69, 9.17) is 11.6 Å². The van der Waals surface area contributed by atoms with Crippen LogP contribution < -0.4 is 9.80 Å². The van der Waals surface area contributed by atoms with Crippen molar-refractivity contribution < 1.29 is 4.79 Å². The average Bonchev–Trinajstić information content (AvgIpc) is 2.50. The van der Waals surface area contributed by atoms with Crippen LogP contribution in [0.5, 0.6) is 0 Å². The second kappa shape index (κ2) is 5.62. The van der Waals surface area contributed by atoms with Crippen LogP contribution in [0.2, 0.25) is 5.02 Å². The van der Waals surface area contributed by atoms with Gasteiger partial charge in [0.1, 0.15) is 0 Å². The lowest BCUT2D eigenvalue weighted by Crippen LogP contribution is -2.42. The molecule has 21 heavy (non-hydrogen) atoms. The number of likely N-dealkylation sites (N-methyl/N-ethyl adjacent to an activating group) is 1. The molecule has 108 valence electrons. The molecule has 1 heterocycles. The minimum absolute atomic E-state index is 0.0866. The molecule has 0 saturated carbocycles. The van der Waals surface area contributed by atoms with Gasteiger partial charge in [0.05, 0.1) is 22.0 Å². The van der Waals surface area contributed by atoms with Crippen LogP contribution in [0.15, 0.2) is 47.4 Å². The highest BCUT2D eigenvalue weighted by molar-refractivity contribution is 7.80. The molecule has 0 aromatic heterocycles. The smallest absolute Gasteiger partial charge is 0.259 e. The molecule has 0 radical (unpaired) electrons. The number of hydrogen-bond donors (Lipinski definition) is 1. The molecular weight excluding hydrogens is 304 g/mol. The molecule has 1 amide bonds. The van der Waals surface area contributed by atoms with Crippen molar-refractivity contribution in [2.45, 2.75) is 4.90 Å². The lowest BCUT2D eigenvalue weighted by molar-refractivity contribution is 0.0986. The number of thiol groups is 1. The van der Waals surface area contributed by atoms with Crippen molar-refractivity contribution in [2.24, 2.45) is 0 Å². The number of carbonyl (C=O) groups is 1. The van der Waals surface area contributed by atoms with Crippen LogP contribution in [0.25, 0.3) is 0 Å². The monoisotopic (exact) mass is 318 g/mol. The van der Waals surface area contributed by atoms with Gasteiger partial charge in [-0.3, -0.25) is 4.79 Å². The Morgan fingerprint density at radius 1 is 1.14 bits per heavy atom. The molecule has 3 rings (SSSR count).